The highest BCUT2D eigenvalue weighted by Gasteiger charge is 2.11. The zero-order valence-corrected chi connectivity index (χ0v) is 18.6. The van der Waals surface area contributed by atoms with Gasteiger partial charge in [0.1, 0.15) is 0 Å². The van der Waals surface area contributed by atoms with Gasteiger partial charge in [-0.2, -0.15) is 0 Å². The van der Waals surface area contributed by atoms with Crippen molar-refractivity contribution in [1.29, 1.82) is 0 Å². The highest BCUT2D eigenvalue weighted by atomic mass is 127. The molecule has 0 aliphatic carbocycles. The number of carbonyl (C=O) groups is 1. The third kappa shape index (κ3) is 7.47. The fourth-order valence-electron chi connectivity index (χ4n) is 2.61. The summed E-state index contributed by atoms with van der Waals surface area (Å²) in [6.45, 7) is 3.86. The van der Waals surface area contributed by atoms with Crippen molar-refractivity contribution in [2.45, 2.75) is 19.4 Å². The minimum atomic E-state index is -0.351. The molecule has 1 unspecified atom stereocenters. The van der Waals surface area contributed by atoms with Gasteiger partial charge in [0.15, 0.2) is 5.96 Å². The predicted molar refractivity (Wildman–Crippen MR) is 122 cm³/mol. The van der Waals surface area contributed by atoms with Gasteiger partial charge in [-0.1, -0.05) is 42.5 Å². The van der Waals surface area contributed by atoms with Gasteiger partial charge >= 0.3 is 5.97 Å². The average Bonchev–Trinajstić information content (AvgIpc) is 2.73. The molecule has 28 heavy (non-hydrogen) atoms. The molecular formula is C21H28IN3O3. The van der Waals surface area contributed by atoms with Crippen molar-refractivity contribution in [2.75, 3.05) is 26.8 Å². The topological polar surface area (TPSA) is 83.0 Å². The molecule has 2 aromatic rings. The molecule has 3 N–H and O–H groups in total. The second-order valence-electron chi connectivity index (χ2n) is 6.05. The van der Waals surface area contributed by atoms with Crippen LogP contribution < -0.4 is 10.6 Å². The lowest BCUT2D eigenvalue weighted by Gasteiger charge is -2.18. The van der Waals surface area contributed by atoms with Crippen molar-refractivity contribution >= 4 is 35.9 Å². The third-order valence-corrected chi connectivity index (χ3v) is 4.15. The maximum Gasteiger partial charge on any atom is 0.337 e. The normalized spacial score (nSPS) is 11.9. The molecule has 0 radical (unpaired) electrons. The number of esters is 1. The Morgan fingerprint density at radius 1 is 1.11 bits per heavy atom. The molecule has 0 amide bonds. The van der Waals surface area contributed by atoms with Crippen LogP contribution in [0.15, 0.2) is 59.6 Å². The highest BCUT2D eigenvalue weighted by Crippen LogP contribution is 2.13. The van der Waals surface area contributed by atoms with Crippen molar-refractivity contribution in [3.8, 4) is 0 Å². The number of benzene rings is 2. The largest absolute Gasteiger partial charge is 0.465 e. The molecule has 0 spiro atoms. The fourth-order valence-corrected chi connectivity index (χ4v) is 2.61. The summed E-state index contributed by atoms with van der Waals surface area (Å²) in [4.78, 5) is 16.1. The van der Waals surface area contributed by atoms with Crippen LogP contribution in [0.4, 0.5) is 0 Å². The number of nitrogens with one attached hydrogen (secondary N) is 2. The van der Waals surface area contributed by atoms with Crippen LogP contribution in [0.2, 0.25) is 0 Å². The Morgan fingerprint density at radius 3 is 2.36 bits per heavy atom. The highest BCUT2D eigenvalue weighted by molar-refractivity contribution is 14.0. The van der Waals surface area contributed by atoms with Crippen LogP contribution in [0.3, 0.4) is 0 Å². The Labute approximate surface area is 183 Å². The third-order valence-electron chi connectivity index (χ3n) is 4.15. The summed E-state index contributed by atoms with van der Waals surface area (Å²) in [6, 6.07) is 17.1. The Kier molecular flexibility index (Phi) is 11.2. The average molecular weight is 497 g/mol. The zero-order valence-electron chi connectivity index (χ0n) is 16.2. The summed E-state index contributed by atoms with van der Waals surface area (Å²) in [5.74, 6) is 0.328. The maximum atomic E-state index is 11.5. The number of aliphatic hydroxyl groups excluding tert-OH is 1. The number of rotatable bonds is 8. The van der Waals surface area contributed by atoms with Gasteiger partial charge in [0.2, 0.25) is 0 Å². The van der Waals surface area contributed by atoms with Crippen LogP contribution in [-0.2, 0) is 11.3 Å². The molecule has 0 bridgehead atoms. The minimum absolute atomic E-state index is 0. The van der Waals surface area contributed by atoms with Gasteiger partial charge in [0.05, 0.1) is 25.8 Å². The SMILES string of the molecule is CCNC(=NCc1ccc(C(=O)OC)cc1)NCC(CO)c1ccccc1.I. The van der Waals surface area contributed by atoms with Gasteiger partial charge in [-0.15, -0.1) is 24.0 Å². The second-order valence-corrected chi connectivity index (χ2v) is 6.05. The number of methoxy groups -OCH3 is 1. The van der Waals surface area contributed by atoms with E-state index in [0.29, 0.717) is 24.6 Å². The molecule has 0 aliphatic heterocycles. The summed E-state index contributed by atoms with van der Waals surface area (Å²) in [5, 5.41) is 16.2. The van der Waals surface area contributed by atoms with Crippen molar-refractivity contribution in [3.63, 3.8) is 0 Å². The molecule has 0 saturated carbocycles. The van der Waals surface area contributed by atoms with E-state index in [4.69, 9.17) is 4.74 Å². The molecule has 0 aliphatic rings. The van der Waals surface area contributed by atoms with Gasteiger partial charge in [0.25, 0.3) is 0 Å². The number of hydrogen-bond acceptors (Lipinski definition) is 4. The molecule has 1 atom stereocenters. The van der Waals surface area contributed by atoms with Crippen LogP contribution in [-0.4, -0.2) is 43.8 Å². The lowest BCUT2D eigenvalue weighted by atomic mass is 10.0. The van der Waals surface area contributed by atoms with Crippen molar-refractivity contribution in [3.05, 3.63) is 71.3 Å². The van der Waals surface area contributed by atoms with E-state index in [1.807, 2.05) is 49.4 Å². The Balaban J connectivity index is 0.00000392. The molecule has 6 nitrogen and oxygen atoms in total. The number of aliphatic hydroxyl groups is 1. The number of carbonyl (C=O) groups excluding carboxylic acids is 1. The van der Waals surface area contributed by atoms with E-state index in [1.165, 1.54) is 7.11 Å². The number of halogens is 1. The van der Waals surface area contributed by atoms with Crippen molar-refractivity contribution in [1.82, 2.24) is 10.6 Å². The molecule has 2 aromatic carbocycles. The number of ether oxygens (including phenoxy) is 1. The van der Waals surface area contributed by atoms with Gasteiger partial charge in [0, 0.05) is 19.0 Å². The van der Waals surface area contributed by atoms with Gasteiger partial charge in [-0.05, 0) is 30.2 Å². The monoisotopic (exact) mass is 497 g/mol. The van der Waals surface area contributed by atoms with Crippen LogP contribution in [0.5, 0.6) is 0 Å². The first-order valence-corrected chi connectivity index (χ1v) is 9.03. The van der Waals surface area contributed by atoms with E-state index >= 15 is 0 Å². The predicted octanol–water partition coefficient (Wildman–Crippen LogP) is 2.92. The molecule has 7 heteroatoms. The Hall–Kier alpha value is -2.13. The van der Waals surface area contributed by atoms with E-state index in [-0.39, 0.29) is 42.5 Å². The molecule has 0 heterocycles. The molecular weight excluding hydrogens is 469 g/mol. The number of nitrogens with zero attached hydrogens (tertiary/aromatic N) is 1. The van der Waals surface area contributed by atoms with E-state index in [1.54, 1.807) is 12.1 Å². The number of hydrogen-bond donors (Lipinski definition) is 3. The summed E-state index contributed by atoms with van der Waals surface area (Å²) < 4.78 is 4.70. The first-order chi connectivity index (χ1) is 13.2. The van der Waals surface area contributed by atoms with Crippen LogP contribution in [0.25, 0.3) is 0 Å². The fraction of sp³-hybridized carbons (Fsp3) is 0.333. The number of aliphatic imine (C=N–C) groups is 1. The van der Waals surface area contributed by atoms with Crippen LogP contribution >= 0.6 is 24.0 Å². The summed E-state index contributed by atoms with van der Waals surface area (Å²) in [7, 11) is 1.37. The molecule has 2 rings (SSSR count). The first-order valence-electron chi connectivity index (χ1n) is 9.03. The summed E-state index contributed by atoms with van der Waals surface area (Å²) in [6.07, 6.45) is 0. The quantitative estimate of drug-likeness (QED) is 0.226. The van der Waals surface area contributed by atoms with E-state index in [9.17, 15) is 9.90 Å². The van der Waals surface area contributed by atoms with E-state index in [2.05, 4.69) is 15.6 Å². The van der Waals surface area contributed by atoms with Gasteiger partial charge in [-0.3, -0.25) is 0 Å². The van der Waals surface area contributed by atoms with Gasteiger partial charge in [-0.25, -0.2) is 9.79 Å². The standard InChI is InChI=1S/C21H27N3O3.HI/c1-3-22-21(24-14-19(15-25)17-7-5-4-6-8-17)23-13-16-9-11-18(12-10-16)20(26)27-2;/h4-12,19,25H,3,13-15H2,1-2H3,(H2,22,23,24);1H. The minimum Gasteiger partial charge on any atom is -0.465 e. The van der Waals surface area contributed by atoms with Crippen molar-refractivity contribution < 1.29 is 14.6 Å². The van der Waals surface area contributed by atoms with Crippen LogP contribution in [0.1, 0.15) is 34.3 Å². The van der Waals surface area contributed by atoms with E-state index < -0.39 is 0 Å². The second kappa shape index (κ2) is 13.1. The Morgan fingerprint density at radius 2 is 1.79 bits per heavy atom. The first kappa shape index (κ1) is 23.9. The summed E-state index contributed by atoms with van der Waals surface area (Å²) in [5.41, 5.74) is 2.59. The maximum absolute atomic E-state index is 11.5. The molecule has 0 saturated heterocycles. The Bertz CT molecular complexity index is 736. The number of guanidine groups is 1. The van der Waals surface area contributed by atoms with Crippen molar-refractivity contribution in [2.24, 2.45) is 4.99 Å². The van der Waals surface area contributed by atoms with Gasteiger partial charge < -0.3 is 20.5 Å². The molecule has 0 aromatic heterocycles. The molecule has 152 valence electrons. The lowest BCUT2D eigenvalue weighted by Crippen LogP contribution is -2.39. The molecule has 0 fully saturated rings. The lowest BCUT2D eigenvalue weighted by molar-refractivity contribution is 0.0600. The van der Waals surface area contributed by atoms with E-state index in [0.717, 1.165) is 17.7 Å². The summed E-state index contributed by atoms with van der Waals surface area (Å²) >= 11 is 0. The van der Waals surface area contributed by atoms with Crippen LogP contribution in [0, 0.1) is 0 Å². The smallest absolute Gasteiger partial charge is 0.337 e. The zero-order chi connectivity index (χ0) is 19.5.